The Morgan fingerprint density at radius 3 is 2.24 bits per heavy atom. The van der Waals surface area contributed by atoms with Crippen LogP contribution in [0.25, 0.3) is 0 Å². The van der Waals surface area contributed by atoms with Gasteiger partial charge < -0.3 is 15.0 Å². The van der Waals surface area contributed by atoms with Crippen molar-refractivity contribution >= 4 is 29.1 Å². The molecule has 1 unspecified atom stereocenters. The van der Waals surface area contributed by atoms with Crippen LogP contribution in [0.15, 0.2) is 72.8 Å². The van der Waals surface area contributed by atoms with Crippen LogP contribution in [0.4, 0.5) is 18.9 Å². The fourth-order valence-corrected chi connectivity index (χ4v) is 3.94. The van der Waals surface area contributed by atoms with Gasteiger partial charge in [0.2, 0.25) is 5.91 Å². The molecule has 33 heavy (non-hydrogen) atoms. The van der Waals surface area contributed by atoms with E-state index < -0.39 is 24.1 Å². The number of carbonyl (C=O) groups excluding carboxylic acids is 2. The molecular weight excluding hydrogens is 457 g/mol. The van der Waals surface area contributed by atoms with Crippen LogP contribution in [0, 0.1) is 0 Å². The fraction of sp³-hybridized carbons (Fsp3) is 0.167. The van der Waals surface area contributed by atoms with E-state index in [1.54, 1.807) is 24.3 Å². The van der Waals surface area contributed by atoms with Gasteiger partial charge in [-0.05, 0) is 47.5 Å². The quantitative estimate of drug-likeness (QED) is 0.547. The average molecular weight is 475 g/mol. The summed E-state index contributed by atoms with van der Waals surface area (Å²) in [4.78, 5) is 27.9. The summed E-state index contributed by atoms with van der Waals surface area (Å²) < 4.78 is 40.9. The number of halogens is 4. The number of hydrogen-bond donors (Lipinski definition) is 1. The monoisotopic (exact) mass is 474 g/mol. The topological polar surface area (TPSA) is 58.6 Å². The van der Waals surface area contributed by atoms with Crippen molar-refractivity contribution in [2.45, 2.75) is 25.4 Å². The second-order valence-electron chi connectivity index (χ2n) is 7.46. The van der Waals surface area contributed by atoms with Crippen molar-refractivity contribution in [1.29, 1.82) is 0 Å². The highest BCUT2D eigenvalue weighted by Gasteiger charge is 2.36. The number of nitrogens with one attached hydrogen (secondary N) is 1. The molecule has 3 aromatic rings. The Kier molecular flexibility index (Phi) is 6.29. The van der Waals surface area contributed by atoms with E-state index in [2.05, 4.69) is 10.1 Å². The molecule has 0 saturated heterocycles. The van der Waals surface area contributed by atoms with Gasteiger partial charge in [-0.15, -0.1) is 13.2 Å². The highest BCUT2D eigenvalue weighted by atomic mass is 35.5. The molecule has 0 aromatic heterocycles. The van der Waals surface area contributed by atoms with E-state index in [9.17, 15) is 22.8 Å². The number of benzene rings is 3. The standard InChI is InChI=1S/C24H18ClF3N2O3/c25-20-8-4-3-7-19(20)23(32)30-14-16-6-2-1-5-15(16)13-21(30)22(31)29-17-9-11-18(12-10-17)33-24(26,27)28/h1-12,21H,13-14H2,(H,29,31). The Morgan fingerprint density at radius 2 is 1.58 bits per heavy atom. The van der Waals surface area contributed by atoms with Crippen LogP contribution in [-0.4, -0.2) is 29.1 Å². The zero-order valence-corrected chi connectivity index (χ0v) is 17.9. The van der Waals surface area contributed by atoms with E-state index in [1.165, 1.54) is 17.0 Å². The molecule has 0 spiro atoms. The van der Waals surface area contributed by atoms with Gasteiger partial charge in [0.05, 0.1) is 10.6 Å². The lowest BCUT2D eigenvalue weighted by molar-refractivity contribution is -0.274. The van der Waals surface area contributed by atoms with Crippen LogP contribution < -0.4 is 10.1 Å². The van der Waals surface area contributed by atoms with Gasteiger partial charge in [0, 0.05) is 18.7 Å². The Hall–Kier alpha value is -3.52. The average Bonchev–Trinajstić information content (AvgIpc) is 2.78. The first-order valence-electron chi connectivity index (χ1n) is 10.0. The van der Waals surface area contributed by atoms with Gasteiger partial charge in [-0.1, -0.05) is 48.0 Å². The minimum absolute atomic E-state index is 0.219. The predicted molar refractivity (Wildman–Crippen MR) is 117 cm³/mol. The summed E-state index contributed by atoms with van der Waals surface area (Å²) in [6.45, 7) is 0.219. The van der Waals surface area contributed by atoms with Gasteiger partial charge in [0.15, 0.2) is 0 Å². The Morgan fingerprint density at radius 1 is 0.939 bits per heavy atom. The van der Waals surface area contributed by atoms with Crippen LogP contribution in [0.5, 0.6) is 5.75 Å². The maximum absolute atomic E-state index is 13.3. The zero-order valence-electron chi connectivity index (χ0n) is 17.1. The van der Waals surface area contributed by atoms with Crippen molar-refractivity contribution in [3.63, 3.8) is 0 Å². The molecule has 0 bridgehead atoms. The number of amides is 2. The highest BCUT2D eigenvalue weighted by Crippen LogP contribution is 2.28. The summed E-state index contributed by atoms with van der Waals surface area (Å²) in [6.07, 6.45) is -4.52. The second kappa shape index (κ2) is 9.15. The van der Waals surface area contributed by atoms with E-state index in [0.29, 0.717) is 0 Å². The molecule has 1 heterocycles. The SMILES string of the molecule is O=C(Nc1ccc(OC(F)(F)F)cc1)C1Cc2ccccc2CN1C(=O)c1ccccc1Cl. The minimum atomic E-state index is -4.81. The van der Waals surface area contributed by atoms with Crippen molar-refractivity contribution < 1.29 is 27.5 Å². The summed E-state index contributed by atoms with van der Waals surface area (Å²) in [7, 11) is 0. The number of anilines is 1. The molecule has 5 nitrogen and oxygen atoms in total. The van der Waals surface area contributed by atoms with E-state index >= 15 is 0 Å². The van der Waals surface area contributed by atoms with Crippen molar-refractivity contribution in [2.24, 2.45) is 0 Å². The van der Waals surface area contributed by atoms with Gasteiger partial charge in [0.25, 0.3) is 5.91 Å². The first kappa shape index (κ1) is 22.7. The molecule has 3 aromatic carbocycles. The minimum Gasteiger partial charge on any atom is -0.406 e. The van der Waals surface area contributed by atoms with Crippen LogP contribution in [0.3, 0.4) is 0 Å². The number of nitrogens with zero attached hydrogens (tertiary/aromatic N) is 1. The summed E-state index contributed by atoms with van der Waals surface area (Å²) in [5.41, 5.74) is 2.42. The summed E-state index contributed by atoms with van der Waals surface area (Å²) >= 11 is 6.22. The molecule has 170 valence electrons. The highest BCUT2D eigenvalue weighted by molar-refractivity contribution is 6.33. The third-order valence-electron chi connectivity index (χ3n) is 5.27. The number of hydrogen-bond acceptors (Lipinski definition) is 3. The van der Waals surface area contributed by atoms with Crippen LogP contribution >= 0.6 is 11.6 Å². The molecule has 1 aliphatic rings. The molecular formula is C24H18ClF3N2O3. The summed E-state index contributed by atoms with van der Waals surface area (Å²) in [5.74, 6) is -1.25. The molecule has 0 radical (unpaired) electrons. The van der Waals surface area contributed by atoms with E-state index in [-0.39, 0.29) is 35.1 Å². The first-order chi connectivity index (χ1) is 15.7. The molecule has 1 atom stereocenters. The first-order valence-corrected chi connectivity index (χ1v) is 10.4. The molecule has 2 amide bonds. The van der Waals surface area contributed by atoms with Crippen molar-refractivity contribution in [1.82, 2.24) is 4.90 Å². The van der Waals surface area contributed by atoms with Crippen LogP contribution in [0.2, 0.25) is 5.02 Å². The van der Waals surface area contributed by atoms with Crippen molar-refractivity contribution in [3.05, 3.63) is 94.5 Å². The van der Waals surface area contributed by atoms with Crippen LogP contribution in [0.1, 0.15) is 21.5 Å². The van der Waals surface area contributed by atoms with Gasteiger partial charge in [-0.2, -0.15) is 0 Å². The third kappa shape index (κ3) is 5.28. The van der Waals surface area contributed by atoms with E-state index in [0.717, 1.165) is 23.3 Å². The van der Waals surface area contributed by atoms with Gasteiger partial charge >= 0.3 is 6.36 Å². The number of fused-ring (bicyclic) bond motifs is 1. The summed E-state index contributed by atoms with van der Waals surface area (Å²) in [5, 5.41) is 2.96. The van der Waals surface area contributed by atoms with Crippen LogP contribution in [-0.2, 0) is 17.8 Å². The normalized spacial score (nSPS) is 15.5. The largest absolute Gasteiger partial charge is 0.573 e. The smallest absolute Gasteiger partial charge is 0.406 e. The molecule has 1 aliphatic heterocycles. The Balaban J connectivity index is 1.58. The van der Waals surface area contributed by atoms with Gasteiger partial charge in [0.1, 0.15) is 11.8 Å². The lowest BCUT2D eigenvalue weighted by Crippen LogP contribution is -2.50. The third-order valence-corrected chi connectivity index (χ3v) is 5.60. The zero-order chi connectivity index (χ0) is 23.6. The summed E-state index contributed by atoms with van der Waals surface area (Å²) in [6, 6.07) is 18.1. The number of carbonyl (C=O) groups is 2. The number of rotatable bonds is 4. The second-order valence-corrected chi connectivity index (χ2v) is 7.87. The Labute approximate surface area is 192 Å². The molecule has 0 aliphatic carbocycles. The van der Waals surface area contributed by atoms with E-state index in [4.69, 9.17) is 11.6 Å². The van der Waals surface area contributed by atoms with Gasteiger partial charge in [-0.25, -0.2) is 0 Å². The maximum Gasteiger partial charge on any atom is 0.573 e. The lowest BCUT2D eigenvalue weighted by atomic mass is 9.92. The molecule has 9 heteroatoms. The van der Waals surface area contributed by atoms with Crippen molar-refractivity contribution in [3.8, 4) is 5.75 Å². The molecule has 0 fully saturated rings. The fourth-order valence-electron chi connectivity index (χ4n) is 3.73. The molecule has 0 saturated carbocycles. The predicted octanol–water partition coefficient (Wildman–Crippen LogP) is 5.44. The Bertz CT molecular complexity index is 1180. The van der Waals surface area contributed by atoms with Gasteiger partial charge in [-0.3, -0.25) is 9.59 Å². The molecule has 4 rings (SSSR count). The maximum atomic E-state index is 13.3. The molecule has 1 N–H and O–H groups in total. The number of ether oxygens (including phenoxy) is 1. The van der Waals surface area contributed by atoms with Crippen molar-refractivity contribution in [2.75, 3.05) is 5.32 Å². The lowest BCUT2D eigenvalue weighted by Gasteiger charge is -2.36. The van der Waals surface area contributed by atoms with E-state index in [1.807, 2.05) is 24.3 Å². The number of alkyl halides is 3.